The Morgan fingerprint density at radius 2 is 1.95 bits per heavy atom. The van der Waals surface area contributed by atoms with Crippen molar-refractivity contribution in [3.63, 3.8) is 0 Å². The van der Waals surface area contributed by atoms with Gasteiger partial charge in [0.15, 0.2) is 11.5 Å². The van der Waals surface area contributed by atoms with Crippen LogP contribution in [0.15, 0.2) is 29.8 Å². The van der Waals surface area contributed by atoms with Crippen molar-refractivity contribution in [3.8, 4) is 11.5 Å². The lowest BCUT2D eigenvalue weighted by Crippen LogP contribution is -2.47. The quantitative estimate of drug-likeness (QED) is 0.505. The van der Waals surface area contributed by atoms with Gasteiger partial charge in [0.05, 0.1) is 6.54 Å². The minimum absolute atomic E-state index is 0.0136. The van der Waals surface area contributed by atoms with Crippen molar-refractivity contribution in [2.75, 3.05) is 6.54 Å². The minimum atomic E-state index is -1.23. The number of aromatic hydroxyl groups is 2. The van der Waals surface area contributed by atoms with Gasteiger partial charge in [-0.2, -0.15) is 0 Å². The summed E-state index contributed by atoms with van der Waals surface area (Å²) in [6.07, 6.45) is -0.0571. The molecule has 1 atom stereocenters. The molecule has 0 saturated carbocycles. The molecule has 0 aliphatic carbocycles. The number of rotatable bonds is 6. The van der Waals surface area contributed by atoms with Crippen molar-refractivity contribution in [1.29, 1.82) is 0 Å². The van der Waals surface area contributed by atoms with E-state index in [2.05, 4.69) is 17.2 Å². The second kappa shape index (κ2) is 7.39. The first-order valence-electron chi connectivity index (χ1n) is 5.91. The third kappa shape index (κ3) is 5.62. The predicted octanol–water partition coefficient (Wildman–Crippen LogP) is 1.15. The Kier molecular flexibility index (Phi) is 5.86. The van der Waals surface area contributed by atoms with E-state index in [-0.39, 0.29) is 29.5 Å². The highest BCUT2D eigenvalue weighted by atomic mass is 35.5. The fourth-order valence-corrected chi connectivity index (χ4v) is 1.58. The SMILES string of the molecule is C=C(Cl)CNC(=O)N[C@@H](Cc1ccc(O)c(O)c1)C(=O)O. The van der Waals surface area contributed by atoms with Gasteiger partial charge < -0.3 is 26.0 Å². The number of carboxylic acids is 1. The second-order valence-corrected chi connectivity index (χ2v) is 4.80. The van der Waals surface area contributed by atoms with Gasteiger partial charge in [-0.05, 0) is 17.7 Å². The summed E-state index contributed by atoms with van der Waals surface area (Å²) in [7, 11) is 0. The number of phenolic OH excluding ortho intramolecular Hbond substituents is 2. The standard InChI is InChI=1S/C13H15ClN2O5/c1-7(14)6-15-13(21)16-9(12(19)20)4-8-2-3-10(17)11(18)5-8/h2-3,5,9,17-18H,1,4,6H2,(H,19,20)(H2,15,16,21)/t9-/m0/s1. The van der Waals surface area contributed by atoms with Crippen molar-refractivity contribution >= 4 is 23.6 Å². The van der Waals surface area contributed by atoms with E-state index in [1.54, 1.807) is 0 Å². The number of carbonyl (C=O) groups is 2. The highest BCUT2D eigenvalue weighted by Gasteiger charge is 2.20. The summed E-state index contributed by atoms with van der Waals surface area (Å²) in [6.45, 7) is 3.40. The summed E-state index contributed by atoms with van der Waals surface area (Å²) in [4.78, 5) is 22.6. The van der Waals surface area contributed by atoms with Crippen LogP contribution in [0.4, 0.5) is 4.79 Å². The lowest BCUT2D eigenvalue weighted by Gasteiger charge is -2.15. The molecule has 0 spiro atoms. The van der Waals surface area contributed by atoms with Crippen LogP contribution in [0.3, 0.4) is 0 Å². The van der Waals surface area contributed by atoms with Crippen molar-refractivity contribution in [1.82, 2.24) is 10.6 Å². The first-order chi connectivity index (χ1) is 9.79. The van der Waals surface area contributed by atoms with Crippen LogP contribution in [-0.2, 0) is 11.2 Å². The Morgan fingerprint density at radius 1 is 1.29 bits per heavy atom. The number of benzene rings is 1. The molecule has 0 saturated heterocycles. The molecular formula is C13H15ClN2O5. The largest absolute Gasteiger partial charge is 0.504 e. The molecule has 0 aliphatic rings. The number of nitrogens with one attached hydrogen (secondary N) is 2. The predicted molar refractivity (Wildman–Crippen MR) is 76.4 cm³/mol. The van der Waals surface area contributed by atoms with E-state index in [4.69, 9.17) is 16.7 Å². The third-order valence-electron chi connectivity index (χ3n) is 2.52. The lowest BCUT2D eigenvalue weighted by molar-refractivity contribution is -0.139. The van der Waals surface area contributed by atoms with Gasteiger partial charge in [-0.3, -0.25) is 0 Å². The number of phenols is 2. The first-order valence-corrected chi connectivity index (χ1v) is 6.28. The minimum Gasteiger partial charge on any atom is -0.504 e. The van der Waals surface area contributed by atoms with Gasteiger partial charge in [-0.1, -0.05) is 24.2 Å². The molecule has 0 aliphatic heterocycles. The van der Waals surface area contributed by atoms with Gasteiger partial charge in [-0.15, -0.1) is 0 Å². The molecule has 1 aromatic rings. The molecule has 7 nitrogen and oxygen atoms in total. The molecule has 5 N–H and O–H groups in total. The van der Waals surface area contributed by atoms with E-state index in [9.17, 15) is 19.8 Å². The number of amides is 2. The Morgan fingerprint density at radius 3 is 2.48 bits per heavy atom. The highest BCUT2D eigenvalue weighted by Crippen LogP contribution is 2.25. The van der Waals surface area contributed by atoms with Gasteiger partial charge in [0.25, 0.3) is 0 Å². The number of halogens is 1. The van der Waals surface area contributed by atoms with E-state index >= 15 is 0 Å². The highest BCUT2D eigenvalue weighted by molar-refractivity contribution is 6.29. The molecule has 1 rings (SSSR count). The van der Waals surface area contributed by atoms with Gasteiger partial charge in [0.2, 0.25) is 0 Å². The Labute approximate surface area is 125 Å². The van der Waals surface area contributed by atoms with Crippen LogP contribution in [0.2, 0.25) is 0 Å². The molecule has 0 heterocycles. The number of carboxylic acid groups (broad SMARTS) is 1. The fourth-order valence-electron chi connectivity index (χ4n) is 1.52. The molecule has 0 aromatic heterocycles. The fraction of sp³-hybridized carbons (Fsp3) is 0.231. The van der Waals surface area contributed by atoms with E-state index in [0.717, 1.165) is 0 Å². The zero-order valence-electron chi connectivity index (χ0n) is 11.0. The van der Waals surface area contributed by atoms with Crippen LogP contribution < -0.4 is 10.6 Å². The molecule has 1 aromatic carbocycles. The van der Waals surface area contributed by atoms with E-state index in [1.165, 1.54) is 18.2 Å². The molecule has 0 unspecified atom stereocenters. The van der Waals surface area contributed by atoms with Crippen LogP contribution in [0.1, 0.15) is 5.56 Å². The average molecular weight is 315 g/mol. The summed E-state index contributed by atoms with van der Waals surface area (Å²) in [5.41, 5.74) is 0.444. The van der Waals surface area contributed by atoms with Crippen LogP contribution in [0, 0.1) is 0 Å². The van der Waals surface area contributed by atoms with Crippen LogP contribution >= 0.6 is 11.6 Å². The average Bonchev–Trinajstić information content (AvgIpc) is 2.39. The molecule has 21 heavy (non-hydrogen) atoms. The summed E-state index contributed by atoms with van der Waals surface area (Å²) in [5, 5.41) is 32.4. The van der Waals surface area contributed by atoms with Gasteiger partial charge >= 0.3 is 12.0 Å². The molecule has 2 amide bonds. The maximum Gasteiger partial charge on any atom is 0.326 e. The number of aliphatic carboxylic acids is 1. The van der Waals surface area contributed by atoms with Crippen molar-refractivity contribution in [2.45, 2.75) is 12.5 Å². The molecule has 8 heteroatoms. The Hall–Kier alpha value is -2.41. The van der Waals surface area contributed by atoms with Crippen molar-refractivity contribution < 1.29 is 24.9 Å². The van der Waals surface area contributed by atoms with Gasteiger partial charge in [0, 0.05) is 11.5 Å². The topological polar surface area (TPSA) is 119 Å². The molecule has 0 bridgehead atoms. The van der Waals surface area contributed by atoms with Crippen molar-refractivity contribution in [3.05, 3.63) is 35.4 Å². The maximum atomic E-state index is 11.5. The number of hydrogen-bond acceptors (Lipinski definition) is 4. The molecule has 0 radical (unpaired) electrons. The monoisotopic (exact) mass is 314 g/mol. The summed E-state index contributed by atoms with van der Waals surface area (Å²) in [6, 6.07) is 2.02. The number of carbonyl (C=O) groups excluding carboxylic acids is 1. The van der Waals surface area contributed by atoms with Gasteiger partial charge in [-0.25, -0.2) is 9.59 Å². The number of urea groups is 1. The lowest BCUT2D eigenvalue weighted by atomic mass is 10.1. The summed E-state index contributed by atoms with van der Waals surface area (Å²) < 4.78 is 0. The Balaban J connectivity index is 2.69. The zero-order chi connectivity index (χ0) is 16.0. The Bertz CT molecular complexity index is 561. The van der Waals surface area contributed by atoms with E-state index in [1.807, 2.05) is 0 Å². The smallest absolute Gasteiger partial charge is 0.326 e. The normalized spacial score (nSPS) is 11.5. The van der Waals surface area contributed by atoms with Crippen LogP contribution in [0.5, 0.6) is 11.5 Å². The zero-order valence-corrected chi connectivity index (χ0v) is 11.7. The van der Waals surface area contributed by atoms with E-state index < -0.39 is 18.0 Å². The van der Waals surface area contributed by atoms with Crippen LogP contribution in [0.25, 0.3) is 0 Å². The second-order valence-electron chi connectivity index (χ2n) is 4.26. The first kappa shape index (κ1) is 16.6. The summed E-state index contributed by atoms with van der Waals surface area (Å²) in [5.74, 6) is -1.90. The summed E-state index contributed by atoms with van der Waals surface area (Å²) >= 11 is 5.48. The molecule has 0 fully saturated rings. The van der Waals surface area contributed by atoms with E-state index in [0.29, 0.717) is 5.56 Å². The number of hydrogen-bond donors (Lipinski definition) is 5. The molecule has 114 valence electrons. The van der Waals surface area contributed by atoms with Gasteiger partial charge in [0.1, 0.15) is 6.04 Å². The molecular weight excluding hydrogens is 300 g/mol. The van der Waals surface area contributed by atoms with Crippen molar-refractivity contribution in [2.24, 2.45) is 0 Å². The third-order valence-corrected chi connectivity index (χ3v) is 2.66. The van der Waals surface area contributed by atoms with Crippen LogP contribution in [-0.4, -0.2) is 39.9 Å². The maximum absolute atomic E-state index is 11.5.